The van der Waals surface area contributed by atoms with Crippen LogP contribution >= 0.6 is 0 Å². The molecule has 1 aliphatic heterocycles. The molecule has 1 saturated heterocycles. The first kappa shape index (κ1) is 25.1. The van der Waals surface area contributed by atoms with E-state index in [0.717, 1.165) is 0 Å². The first-order valence-electron chi connectivity index (χ1n) is 11.7. The molecule has 2 aromatic heterocycles. The summed E-state index contributed by atoms with van der Waals surface area (Å²) in [7, 11) is 0. The average molecular weight is 486 g/mol. The van der Waals surface area contributed by atoms with Gasteiger partial charge in [-0.1, -0.05) is 18.2 Å². The van der Waals surface area contributed by atoms with Gasteiger partial charge in [0, 0.05) is 25.2 Å². The fourth-order valence-electron chi connectivity index (χ4n) is 4.93. The summed E-state index contributed by atoms with van der Waals surface area (Å²) in [6.45, 7) is 3.86. The number of ether oxygens (including phenoxy) is 1. The maximum absolute atomic E-state index is 12.5. The van der Waals surface area contributed by atoms with Crippen LogP contribution in [0.25, 0.3) is 11.2 Å². The summed E-state index contributed by atoms with van der Waals surface area (Å²) in [5, 5.41) is 39.4. The van der Waals surface area contributed by atoms with E-state index >= 15 is 0 Å². The van der Waals surface area contributed by atoms with Crippen molar-refractivity contribution in [2.75, 3.05) is 18.5 Å². The van der Waals surface area contributed by atoms with Crippen LogP contribution in [0.4, 0.5) is 5.82 Å². The molecule has 6 rings (SSSR count). The van der Waals surface area contributed by atoms with Crippen LogP contribution in [0.2, 0.25) is 0 Å². The van der Waals surface area contributed by atoms with Crippen molar-refractivity contribution < 1.29 is 30.0 Å². The van der Waals surface area contributed by atoms with Crippen LogP contribution in [0, 0.1) is 5.92 Å². The Hall–Kier alpha value is -2.96. The molecule has 11 heteroatoms. The number of aliphatic hydroxyl groups is 4. The van der Waals surface area contributed by atoms with Crippen LogP contribution in [-0.4, -0.2) is 76.4 Å². The van der Waals surface area contributed by atoms with Crippen LogP contribution in [-0.2, 0) is 4.74 Å². The van der Waals surface area contributed by atoms with Crippen LogP contribution in [0.1, 0.15) is 49.7 Å². The van der Waals surface area contributed by atoms with Gasteiger partial charge in [-0.2, -0.15) is 0 Å². The molecule has 0 radical (unpaired) electrons. The molecule has 0 unspecified atom stereocenters. The van der Waals surface area contributed by atoms with Crippen LogP contribution < -0.4 is 5.32 Å². The zero-order valence-electron chi connectivity index (χ0n) is 19.7. The van der Waals surface area contributed by atoms with Gasteiger partial charge in [0.1, 0.15) is 18.7 Å². The zero-order chi connectivity index (χ0) is 25.2. The second-order valence-electron chi connectivity index (χ2n) is 8.87. The normalized spacial score (nSPS) is 29.8. The van der Waals surface area contributed by atoms with E-state index < -0.39 is 23.5 Å². The van der Waals surface area contributed by atoms with E-state index in [-0.39, 0.29) is 25.0 Å². The SMILES string of the molecule is CCO.CCO.O=C(Nc1ncnc2c1ncn2[C@H]1C[C@@]2(O)C[C@@H]3C[C@]3(O)[C@H]2O1)c1ccccc1. The lowest BCUT2D eigenvalue weighted by molar-refractivity contribution is -0.106. The van der Waals surface area contributed by atoms with Gasteiger partial charge < -0.3 is 30.5 Å². The predicted molar refractivity (Wildman–Crippen MR) is 126 cm³/mol. The third kappa shape index (κ3) is 4.65. The summed E-state index contributed by atoms with van der Waals surface area (Å²) < 4.78 is 7.79. The second kappa shape index (κ2) is 9.96. The van der Waals surface area contributed by atoms with E-state index in [1.165, 1.54) is 6.33 Å². The van der Waals surface area contributed by atoms with Gasteiger partial charge in [-0.3, -0.25) is 9.36 Å². The molecule has 2 saturated carbocycles. The van der Waals surface area contributed by atoms with E-state index in [2.05, 4.69) is 20.3 Å². The minimum atomic E-state index is -1.03. The monoisotopic (exact) mass is 485 g/mol. The maximum atomic E-state index is 12.5. The van der Waals surface area contributed by atoms with E-state index in [0.29, 0.717) is 41.8 Å². The number of nitrogens with zero attached hydrogens (tertiary/aromatic N) is 4. The van der Waals surface area contributed by atoms with Crippen LogP contribution in [0.15, 0.2) is 43.0 Å². The number of amides is 1. The van der Waals surface area contributed by atoms with Gasteiger partial charge in [-0.05, 0) is 44.7 Å². The molecule has 3 aromatic rings. The Kier molecular flexibility index (Phi) is 7.15. The van der Waals surface area contributed by atoms with Crippen LogP contribution in [0.3, 0.4) is 0 Å². The van der Waals surface area contributed by atoms with Gasteiger partial charge in [0.05, 0.1) is 17.5 Å². The Morgan fingerprint density at radius 2 is 1.77 bits per heavy atom. The Balaban J connectivity index is 0.000000440. The third-order valence-corrected chi connectivity index (χ3v) is 6.42. The number of hydrogen-bond donors (Lipinski definition) is 5. The number of carbonyl (C=O) groups excluding carboxylic acids is 1. The molecule has 3 aliphatic rings. The fraction of sp³-hybridized carbons (Fsp3) is 0.500. The van der Waals surface area contributed by atoms with Gasteiger partial charge in [0.15, 0.2) is 17.0 Å². The topological polar surface area (TPSA) is 163 Å². The molecule has 1 aromatic carbocycles. The molecule has 3 fully saturated rings. The maximum Gasteiger partial charge on any atom is 0.256 e. The highest BCUT2D eigenvalue weighted by Crippen LogP contribution is 2.65. The number of hydrogen-bond acceptors (Lipinski definition) is 9. The van der Waals surface area contributed by atoms with Crippen molar-refractivity contribution in [3.63, 3.8) is 0 Å². The van der Waals surface area contributed by atoms with Crippen molar-refractivity contribution in [1.82, 2.24) is 19.5 Å². The van der Waals surface area contributed by atoms with Crippen molar-refractivity contribution in [1.29, 1.82) is 0 Å². The lowest BCUT2D eigenvalue weighted by Crippen LogP contribution is -2.41. The summed E-state index contributed by atoms with van der Waals surface area (Å²) in [6, 6.07) is 8.85. The molecular weight excluding hydrogens is 454 g/mol. The van der Waals surface area contributed by atoms with Gasteiger partial charge in [-0.25, -0.2) is 15.0 Å². The van der Waals surface area contributed by atoms with Crippen molar-refractivity contribution in [3.8, 4) is 0 Å². The molecule has 35 heavy (non-hydrogen) atoms. The van der Waals surface area contributed by atoms with Gasteiger partial charge in [-0.15, -0.1) is 0 Å². The largest absolute Gasteiger partial charge is 0.397 e. The number of benzene rings is 1. The van der Waals surface area contributed by atoms with E-state index in [4.69, 9.17) is 14.9 Å². The van der Waals surface area contributed by atoms with Crippen molar-refractivity contribution >= 4 is 22.9 Å². The summed E-state index contributed by atoms with van der Waals surface area (Å²) >= 11 is 0. The van der Waals surface area contributed by atoms with Gasteiger partial charge in [0.25, 0.3) is 5.91 Å². The Bertz CT molecular complexity index is 1170. The van der Waals surface area contributed by atoms with Crippen molar-refractivity contribution in [3.05, 3.63) is 48.5 Å². The average Bonchev–Trinajstić information content (AvgIpc) is 3.14. The lowest BCUT2D eigenvalue weighted by Gasteiger charge is -2.24. The summed E-state index contributed by atoms with van der Waals surface area (Å²) in [5.74, 6) is 0.142. The number of fused-ring (bicyclic) bond motifs is 4. The Labute approximate surface area is 202 Å². The summed E-state index contributed by atoms with van der Waals surface area (Å²) in [6.07, 6.45) is 3.42. The number of nitrogens with one attached hydrogen (secondary N) is 1. The molecule has 0 spiro atoms. The van der Waals surface area contributed by atoms with E-state index in [1.54, 1.807) is 49.0 Å². The molecule has 5 atom stereocenters. The predicted octanol–water partition coefficient (Wildman–Crippen LogP) is 1.25. The molecule has 188 valence electrons. The molecule has 1 amide bonds. The Morgan fingerprint density at radius 1 is 1.09 bits per heavy atom. The highest BCUT2D eigenvalue weighted by Gasteiger charge is 2.75. The summed E-state index contributed by atoms with van der Waals surface area (Å²) in [4.78, 5) is 25.3. The highest BCUT2D eigenvalue weighted by molar-refractivity contribution is 6.06. The van der Waals surface area contributed by atoms with E-state index in [9.17, 15) is 15.0 Å². The van der Waals surface area contributed by atoms with Crippen molar-refractivity contribution in [2.24, 2.45) is 5.92 Å². The molecule has 0 bridgehead atoms. The minimum Gasteiger partial charge on any atom is -0.397 e. The Morgan fingerprint density at radius 3 is 2.43 bits per heavy atom. The number of imidazole rings is 1. The lowest BCUT2D eigenvalue weighted by atomic mass is 9.92. The number of anilines is 1. The van der Waals surface area contributed by atoms with Gasteiger partial charge >= 0.3 is 0 Å². The summed E-state index contributed by atoms with van der Waals surface area (Å²) in [5.41, 5.74) is -0.496. The number of aliphatic hydroxyl groups excluding tert-OH is 2. The molecule has 11 nitrogen and oxygen atoms in total. The molecule has 3 heterocycles. The third-order valence-electron chi connectivity index (χ3n) is 6.42. The number of carbonyl (C=O) groups is 1. The highest BCUT2D eigenvalue weighted by atomic mass is 16.6. The second-order valence-corrected chi connectivity index (χ2v) is 8.87. The standard InChI is InChI=1S/C20H19N5O4.2C2H6O/c26-17(11-4-2-1-3-5-11)24-15-14-16(22-9-21-15)25(10-23-14)13-8-19(27)6-12-7-20(12,28)18(19)29-13;2*1-2-3/h1-5,9-10,12-13,18,27-28H,6-8H2,(H,21,22,24,26);2*3H,2H2,1H3/t12-,13-,18+,19+,20-;;/m1../s1. The van der Waals surface area contributed by atoms with Crippen molar-refractivity contribution in [2.45, 2.75) is 56.6 Å². The fourth-order valence-corrected chi connectivity index (χ4v) is 4.93. The first-order chi connectivity index (χ1) is 16.8. The quantitative estimate of drug-likeness (QED) is 0.367. The van der Waals surface area contributed by atoms with Crippen LogP contribution in [0.5, 0.6) is 0 Å². The molecular formula is C24H31N5O6. The smallest absolute Gasteiger partial charge is 0.256 e. The van der Waals surface area contributed by atoms with E-state index in [1.807, 2.05) is 6.07 Å². The molecule has 5 N–H and O–H groups in total. The zero-order valence-corrected chi connectivity index (χ0v) is 19.7. The van der Waals surface area contributed by atoms with Gasteiger partial charge in [0.2, 0.25) is 0 Å². The first-order valence-corrected chi connectivity index (χ1v) is 11.7. The molecule has 2 aliphatic carbocycles. The minimum absolute atomic E-state index is 0.125. The number of rotatable bonds is 3. The number of aromatic nitrogens is 4.